The van der Waals surface area contributed by atoms with Gasteiger partial charge in [0.1, 0.15) is 17.1 Å². The molecule has 10 heteroatoms. The number of hydrogen-bond donors (Lipinski definition) is 2. The van der Waals surface area contributed by atoms with E-state index in [1.165, 1.54) is 6.20 Å². The van der Waals surface area contributed by atoms with E-state index < -0.39 is 23.0 Å². The minimum atomic E-state index is -0.553. The zero-order chi connectivity index (χ0) is 23.7. The highest BCUT2D eigenvalue weighted by atomic mass is 35.5. The van der Waals surface area contributed by atoms with Crippen molar-refractivity contribution in [1.82, 2.24) is 15.3 Å². The van der Waals surface area contributed by atoms with E-state index in [1.54, 1.807) is 18.2 Å². The van der Waals surface area contributed by atoms with Crippen molar-refractivity contribution in [1.29, 1.82) is 0 Å². The SMILES string of the molecule is CC1(NC(=O)OC(C)(C)C)CCN(c2cnc(C(=O)c3cccc(N)c3Cl)c(Cl)n2)CC1. The van der Waals surface area contributed by atoms with Crippen LogP contribution in [0.4, 0.5) is 16.3 Å². The minimum Gasteiger partial charge on any atom is -0.444 e. The second-order valence-electron chi connectivity index (χ2n) is 9.08. The topological polar surface area (TPSA) is 110 Å². The maximum absolute atomic E-state index is 12.8. The van der Waals surface area contributed by atoms with Crippen LogP contribution in [0.1, 0.15) is 56.6 Å². The summed E-state index contributed by atoms with van der Waals surface area (Å²) >= 11 is 12.5. The van der Waals surface area contributed by atoms with E-state index in [4.69, 9.17) is 33.7 Å². The number of piperidine rings is 1. The molecule has 2 aromatic rings. The molecule has 1 aromatic carbocycles. The van der Waals surface area contributed by atoms with E-state index in [1.807, 2.05) is 32.6 Å². The van der Waals surface area contributed by atoms with Crippen molar-refractivity contribution in [2.75, 3.05) is 23.7 Å². The van der Waals surface area contributed by atoms with E-state index in [0.717, 1.165) is 0 Å². The molecule has 0 saturated carbocycles. The van der Waals surface area contributed by atoms with Gasteiger partial charge in [-0.3, -0.25) is 4.79 Å². The van der Waals surface area contributed by atoms with Gasteiger partial charge in [-0.05, 0) is 52.7 Å². The molecule has 1 amide bonds. The van der Waals surface area contributed by atoms with Gasteiger partial charge in [0.2, 0.25) is 5.78 Å². The van der Waals surface area contributed by atoms with Crippen LogP contribution in [0.3, 0.4) is 0 Å². The van der Waals surface area contributed by atoms with Gasteiger partial charge < -0.3 is 20.7 Å². The molecule has 0 radical (unpaired) electrons. The Bertz CT molecular complexity index is 1030. The molecular weight excluding hydrogens is 453 g/mol. The second-order valence-corrected chi connectivity index (χ2v) is 9.82. The van der Waals surface area contributed by atoms with E-state index in [0.29, 0.717) is 37.4 Å². The number of hydrogen-bond acceptors (Lipinski definition) is 7. The molecule has 1 aliphatic heterocycles. The predicted octanol–water partition coefficient (Wildman–Crippen LogP) is 4.48. The third kappa shape index (κ3) is 5.61. The highest BCUT2D eigenvalue weighted by molar-refractivity contribution is 6.38. The lowest BCUT2D eigenvalue weighted by atomic mass is 9.90. The van der Waals surface area contributed by atoms with Crippen LogP contribution in [0.2, 0.25) is 10.2 Å². The van der Waals surface area contributed by atoms with Crippen molar-refractivity contribution in [2.45, 2.75) is 51.7 Å². The Morgan fingerprint density at radius 1 is 1.22 bits per heavy atom. The lowest BCUT2D eigenvalue weighted by Gasteiger charge is -2.40. The molecule has 1 aromatic heterocycles. The summed E-state index contributed by atoms with van der Waals surface area (Å²) in [5, 5.41) is 3.12. The minimum absolute atomic E-state index is 0.00814. The zero-order valence-corrected chi connectivity index (χ0v) is 20.0. The summed E-state index contributed by atoms with van der Waals surface area (Å²) < 4.78 is 5.37. The molecule has 8 nitrogen and oxygen atoms in total. The largest absolute Gasteiger partial charge is 0.444 e. The molecule has 32 heavy (non-hydrogen) atoms. The number of halogens is 2. The van der Waals surface area contributed by atoms with Crippen molar-refractivity contribution >= 4 is 46.6 Å². The summed E-state index contributed by atoms with van der Waals surface area (Å²) in [4.78, 5) is 35.6. The van der Waals surface area contributed by atoms with Crippen molar-refractivity contribution in [3.63, 3.8) is 0 Å². The molecule has 2 heterocycles. The molecular formula is C22H27Cl2N5O3. The van der Waals surface area contributed by atoms with Gasteiger partial charge in [-0.25, -0.2) is 14.8 Å². The molecule has 172 valence electrons. The normalized spacial score (nSPS) is 15.9. The highest BCUT2D eigenvalue weighted by Gasteiger charge is 2.34. The molecule has 0 unspecified atom stereocenters. The first kappa shape index (κ1) is 24.1. The Hall–Kier alpha value is -2.58. The van der Waals surface area contributed by atoms with Gasteiger partial charge in [0.15, 0.2) is 5.15 Å². The summed E-state index contributed by atoms with van der Waals surface area (Å²) in [5.41, 5.74) is 5.37. The molecule has 0 spiro atoms. The number of anilines is 2. The predicted molar refractivity (Wildman–Crippen MR) is 126 cm³/mol. The summed E-state index contributed by atoms with van der Waals surface area (Å²) in [7, 11) is 0. The zero-order valence-electron chi connectivity index (χ0n) is 18.5. The number of nitrogens with zero attached hydrogens (tertiary/aromatic N) is 3. The number of alkyl carbamates (subject to hydrolysis) is 1. The number of nitrogen functional groups attached to an aromatic ring is 1. The molecule has 1 fully saturated rings. The fourth-order valence-corrected chi connectivity index (χ4v) is 3.85. The van der Waals surface area contributed by atoms with Crippen LogP contribution in [0.15, 0.2) is 24.4 Å². The molecule has 0 atom stereocenters. The van der Waals surface area contributed by atoms with Gasteiger partial charge in [0, 0.05) is 24.2 Å². The summed E-state index contributed by atoms with van der Waals surface area (Å²) in [6.45, 7) is 8.74. The fourth-order valence-electron chi connectivity index (χ4n) is 3.42. The number of ketones is 1. The van der Waals surface area contributed by atoms with Gasteiger partial charge in [-0.15, -0.1) is 0 Å². The van der Waals surface area contributed by atoms with Crippen LogP contribution >= 0.6 is 23.2 Å². The van der Waals surface area contributed by atoms with Crippen LogP contribution in [0.25, 0.3) is 0 Å². The standard InChI is InChI=1S/C22H27Cl2N5O3/c1-21(2,3)32-20(31)28-22(4)8-10-29(11-9-22)15-12-26-17(19(24)27-15)18(30)13-6-5-7-14(25)16(13)23/h5-7,12H,8-11,25H2,1-4H3,(H,28,31). The molecule has 3 rings (SSSR count). The highest BCUT2D eigenvalue weighted by Crippen LogP contribution is 2.29. The van der Waals surface area contributed by atoms with Crippen LogP contribution in [0.5, 0.6) is 0 Å². The number of carbonyl (C=O) groups excluding carboxylic acids is 2. The van der Waals surface area contributed by atoms with E-state index in [2.05, 4.69) is 15.3 Å². The summed E-state index contributed by atoms with van der Waals surface area (Å²) in [6.07, 6.45) is 2.46. The van der Waals surface area contributed by atoms with Gasteiger partial charge in [-0.1, -0.05) is 29.3 Å². The number of aromatic nitrogens is 2. The van der Waals surface area contributed by atoms with Gasteiger partial charge in [0.25, 0.3) is 0 Å². The maximum Gasteiger partial charge on any atom is 0.408 e. The molecule has 0 bridgehead atoms. The van der Waals surface area contributed by atoms with Crippen LogP contribution < -0.4 is 16.0 Å². The molecule has 1 saturated heterocycles. The third-order valence-corrected chi connectivity index (χ3v) is 5.88. The summed E-state index contributed by atoms with van der Waals surface area (Å²) in [6, 6.07) is 4.81. The first-order valence-electron chi connectivity index (χ1n) is 10.3. The second kappa shape index (κ2) is 9.11. The first-order chi connectivity index (χ1) is 14.9. The number of benzene rings is 1. The molecule has 3 N–H and O–H groups in total. The maximum atomic E-state index is 12.8. The Labute approximate surface area is 197 Å². The summed E-state index contributed by atoms with van der Waals surface area (Å²) in [5.74, 6) is 0.115. The van der Waals surface area contributed by atoms with E-state index >= 15 is 0 Å². The quantitative estimate of drug-likeness (QED) is 0.490. The molecule has 1 aliphatic rings. The van der Waals surface area contributed by atoms with E-state index in [9.17, 15) is 9.59 Å². The average Bonchev–Trinajstić information content (AvgIpc) is 2.68. The van der Waals surface area contributed by atoms with E-state index in [-0.39, 0.29) is 21.4 Å². The van der Waals surface area contributed by atoms with Gasteiger partial charge in [0.05, 0.1) is 16.9 Å². The van der Waals surface area contributed by atoms with Crippen molar-refractivity contribution in [3.8, 4) is 0 Å². The Balaban J connectivity index is 1.68. The number of nitrogens with one attached hydrogen (secondary N) is 1. The lowest BCUT2D eigenvalue weighted by molar-refractivity contribution is 0.0448. The number of rotatable bonds is 4. The van der Waals surface area contributed by atoms with Crippen molar-refractivity contribution in [2.24, 2.45) is 0 Å². The number of ether oxygens (including phenoxy) is 1. The number of carbonyl (C=O) groups is 2. The third-order valence-electron chi connectivity index (χ3n) is 5.20. The van der Waals surface area contributed by atoms with Crippen LogP contribution in [-0.2, 0) is 4.74 Å². The number of amides is 1. The lowest BCUT2D eigenvalue weighted by Crippen LogP contribution is -2.54. The van der Waals surface area contributed by atoms with Gasteiger partial charge >= 0.3 is 6.09 Å². The first-order valence-corrected chi connectivity index (χ1v) is 11.0. The fraction of sp³-hybridized carbons (Fsp3) is 0.455. The Kier molecular flexibility index (Phi) is 6.86. The van der Waals surface area contributed by atoms with Crippen LogP contribution in [-0.4, -0.2) is 46.1 Å². The van der Waals surface area contributed by atoms with Crippen LogP contribution in [0, 0.1) is 0 Å². The monoisotopic (exact) mass is 479 g/mol. The average molecular weight is 480 g/mol. The smallest absolute Gasteiger partial charge is 0.408 e. The Morgan fingerprint density at radius 2 is 1.88 bits per heavy atom. The molecule has 0 aliphatic carbocycles. The Morgan fingerprint density at radius 3 is 2.47 bits per heavy atom. The van der Waals surface area contributed by atoms with Crippen molar-refractivity contribution < 1.29 is 14.3 Å². The van der Waals surface area contributed by atoms with Gasteiger partial charge in [-0.2, -0.15) is 0 Å². The van der Waals surface area contributed by atoms with Crippen molar-refractivity contribution in [3.05, 3.63) is 45.8 Å². The number of nitrogens with two attached hydrogens (primary N) is 1.